The number of nitrogens with zero attached hydrogens (tertiary/aromatic N) is 1. The summed E-state index contributed by atoms with van der Waals surface area (Å²) in [5, 5.41) is 21.0. The molecule has 0 amide bonds. The fourth-order valence-electron chi connectivity index (χ4n) is 4.55. The summed E-state index contributed by atoms with van der Waals surface area (Å²) in [4.78, 5) is 28.6. The maximum atomic E-state index is 14.9. The predicted molar refractivity (Wildman–Crippen MR) is 130 cm³/mol. The number of pyridine rings is 2. The van der Waals surface area contributed by atoms with Crippen LogP contribution in [0.1, 0.15) is 69.4 Å². The van der Waals surface area contributed by atoms with Gasteiger partial charge in [0.05, 0.1) is 17.1 Å². The Labute approximate surface area is 216 Å². The largest absolute Gasteiger partial charge is 0.433 e. The first-order chi connectivity index (χ1) is 17.5. The third-order valence-electron chi connectivity index (χ3n) is 7.12. The molecular weight excluding hydrogens is 535 g/mol. The fraction of sp³-hybridized carbons (Fsp3) is 0.583. The summed E-state index contributed by atoms with van der Waals surface area (Å²) in [6.45, 7) is 9.53. The van der Waals surface area contributed by atoms with Gasteiger partial charge < -0.3 is 24.8 Å². The van der Waals surface area contributed by atoms with Gasteiger partial charge in [-0.2, -0.15) is 13.2 Å². The van der Waals surface area contributed by atoms with E-state index in [1.807, 2.05) is 0 Å². The number of aliphatic hydroxyl groups excluding tert-OH is 2. The van der Waals surface area contributed by atoms with E-state index in [1.54, 1.807) is 20.8 Å². The highest BCUT2D eigenvalue weighted by atomic mass is 31.2. The zero-order valence-electron chi connectivity index (χ0n) is 21.3. The molecule has 0 bridgehead atoms. The van der Waals surface area contributed by atoms with E-state index in [0.717, 1.165) is 13.0 Å². The van der Waals surface area contributed by atoms with E-state index < -0.39 is 77.5 Å². The van der Waals surface area contributed by atoms with Gasteiger partial charge in [-0.3, -0.25) is 13.9 Å². The molecule has 0 saturated carbocycles. The minimum atomic E-state index is -4.95. The number of hydrogen-bond donors (Lipinski definition) is 4. The molecular formula is C24H31F4N2O7P. The molecule has 5 atom stereocenters. The standard InChI is InChI=1S/C24H31F4N2O7P/c1-6-11(4)38(34,35)37-23(7-2,8-3)10-15-17(31)18(32)19(36-15)14-9-13-16(25)12(5)20(24(26,27)28)29-21(13)30-22(14)33/h9,15,17-19,31-32H,4,6-8,10H2,1-3,5H3,(H,34,35)(H,29,30,33). The summed E-state index contributed by atoms with van der Waals surface area (Å²) in [6.07, 6.45) is -10.3. The number of nitrogens with one attached hydrogen (secondary N) is 1. The number of fused-ring (bicyclic) bond motifs is 1. The van der Waals surface area contributed by atoms with E-state index in [4.69, 9.17) is 9.26 Å². The van der Waals surface area contributed by atoms with Gasteiger partial charge in [-0.25, -0.2) is 9.37 Å². The van der Waals surface area contributed by atoms with Crippen LogP contribution in [0.4, 0.5) is 17.6 Å². The molecule has 3 heterocycles. The summed E-state index contributed by atoms with van der Waals surface area (Å²) in [5.74, 6) is -1.26. The summed E-state index contributed by atoms with van der Waals surface area (Å²) in [5.41, 5.74) is -5.49. The van der Waals surface area contributed by atoms with Crippen LogP contribution >= 0.6 is 7.60 Å². The van der Waals surface area contributed by atoms with Gasteiger partial charge in [-0.15, -0.1) is 0 Å². The molecule has 1 saturated heterocycles. The molecule has 3 rings (SSSR count). The molecule has 0 radical (unpaired) electrons. The zero-order valence-corrected chi connectivity index (χ0v) is 22.2. The third-order valence-corrected chi connectivity index (χ3v) is 8.87. The first-order valence-corrected chi connectivity index (χ1v) is 13.6. The molecule has 1 aliphatic heterocycles. The van der Waals surface area contributed by atoms with Crippen LogP contribution in [0.2, 0.25) is 0 Å². The van der Waals surface area contributed by atoms with Crippen LogP contribution in [0.25, 0.3) is 11.0 Å². The van der Waals surface area contributed by atoms with Crippen LogP contribution in [0, 0.1) is 12.7 Å². The van der Waals surface area contributed by atoms with Crippen LogP contribution in [-0.4, -0.2) is 49.0 Å². The molecule has 0 aromatic carbocycles. The van der Waals surface area contributed by atoms with E-state index in [0.29, 0.717) is 0 Å². The Morgan fingerprint density at radius 1 is 1.24 bits per heavy atom. The Kier molecular flexibility index (Phi) is 8.63. The fourth-order valence-corrected chi connectivity index (χ4v) is 5.94. The molecule has 2 aromatic rings. The number of allylic oxidation sites excluding steroid dienone is 1. The van der Waals surface area contributed by atoms with Gasteiger partial charge in [0.1, 0.15) is 29.8 Å². The maximum absolute atomic E-state index is 14.9. The molecule has 4 N–H and O–H groups in total. The topological polar surface area (TPSA) is 142 Å². The lowest BCUT2D eigenvalue weighted by molar-refractivity contribution is -0.141. The Morgan fingerprint density at radius 3 is 2.37 bits per heavy atom. The Balaban J connectivity index is 1.99. The van der Waals surface area contributed by atoms with Gasteiger partial charge in [0, 0.05) is 22.9 Å². The highest BCUT2D eigenvalue weighted by Crippen LogP contribution is 2.56. The Morgan fingerprint density at radius 2 is 1.84 bits per heavy atom. The van der Waals surface area contributed by atoms with Crippen molar-refractivity contribution in [3.63, 3.8) is 0 Å². The van der Waals surface area contributed by atoms with Crippen molar-refractivity contribution in [2.75, 3.05) is 0 Å². The first-order valence-electron chi connectivity index (χ1n) is 12.1. The van der Waals surface area contributed by atoms with Crippen LogP contribution in [0.5, 0.6) is 0 Å². The van der Waals surface area contributed by atoms with Gasteiger partial charge >= 0.3 is 13.8 Å². The molecule has 38 heavy (non-hydrogen) atoms. The lowest BCUT2D eigenvalue weighted by Crippen LogP contribution is -2.40. The molecule has 2 aromatic heterocycles. The Hall–Kier alpha value is -2.15. The zero-order chi connectivity index (χ0) is 28.8. The van der Waals surface area contributed by atoms with Crippen molar-refractivity contribution in [2.24, 2.45) is 0 Å². The highest BCUT2D eigenvalue weighted by molar-refractivity contribution is 7.57. The molecule has 212 valence electrons. The number of rotatable bonds is 9. The first kappa shape index (κ1) is 30.4. The van der Waals surface area contributed by atoms with Crippen molar-refractivity contribution in [3.05, 3.63) is 51.0 Å². The summed E-state index contributed by atoms with van der Waals surface area (Å²) < 4.78 is 78.8. The van der Waals surface area contributed by atoms with Crippen molar-refractivity contribution < 1.29 is 46.5 Å². The second-order valence-corrected chi connectivity index (χ2v) is 11.3. The van der Waals surface area contributed by atoms with E-state index in [2.05, 4.69) is 16.5 Å². The lowest BCUT2D eigenvalue weighted by atomic mass is 9.88. The van der Waals surface area contributed by atoms with E-state index in [-0.39, 0.29) is 36.6 Å². The molecule has 9 nitrogen and oxygen atoms in total. The summed E-state index contributed by atoms with van der Waals surface area (Å²) in [6, 6.07) is 0.934. The monoisotopic (exact) mass is 566 g/mol. The highest BCUT2D eigenvalue weighted by Gasteiger charge is 2.49. The number of aromatic amines is 1. The number of H-pyrrole nitrogens is 1. The van der Waals surface area contributed by atoms with E-state index in [1.165, 1.54) is 0 Å². The number of hydrogen-bond acceptors (Lipinski definition) is 7. The van der Waals surface area contributed by atoms with E-state index in [9.17, 15) is 42.0 Å². The smallest absolute Gasteiger partial charge is 0.388 e. The Bertz CT molecular complexity index is 1330. The van der Waals surface area contributed by atoms with Crippen LogP contribution < -0.4 is 5.56 Å². The van der Waals surface area contributed by atoms with Gasteiger partial charge in [-0.1, -0.05) is 27.4 Å². The molecule has 1 aliphatic rings. The third kappa shape index (κ3) is 5.59. The van der Waals surface area contributed by atoms with Crippen LogP contribution in [0.3, 0.4) is 0 Å². The predicted octanol–water partition coefficient (Wildman–Crippen LogP) is 4.63. The maximum Gasteiger partial charge on any atom is 0.433 e. The van der Waals surface area contributed by atoms with Gasteiger partial charge in [0.15, 0.2) is 5.69 Å². The summed E-state index contributed by atoms with van der Waals surface area (Å²) in [7, 11) is -4.24. The van der Waals surface area contributed by atoms with Crippen molar-refractivity contribution in [3.8, 4) is 0 Å². The van der Waals surface area contributed by atoms with Crippen LogP contribution in [0.15, 0.2) is 22.8 Å². The second kappa shape index (κ2) is 10.8. The van der Waals surface area contributed by atoms with Gasteiger partial charge in [0.2, 0.25) is 0 Å². The average molecular weight is 566 g/mol. The van der Waals surface area contributed by atoms with Crippen molar-refractivity contribution in [1.29, 1.82) is 0 Å². The molecule has 14 heteroatoms. The second-order valence-electron chi connectivity index (χ2n) is 9.42. The van der Waals surface area contributed by atoms with Gasteiger partial charge in [0.25, 0.3) is 5.56 Å². The minimum absolute atomic E-state index is 0.00289. The van der Waals surface area contributed by atoms with Crippen molar-refractivity contribution in [2.45, 2.75) is 89.6 Å². The van der Waals surface area contributed by atoms with Crippen LogP contribution in [-0.2, 0) is 20.0 Å². The quantitative estimate of drug-likeness (QED) is 0.254. The normalized spacial score (nSPS) is 24.1. The molecule has 1 fully saturated rings. The number of aromatic nitrogens is 2. The molecule has 5 unspecified atom stereocenters. The lowest BCUT2D eigenvalue weighted by Gasteiger charge is -2.36. The SMILES string of the molecule is C=C(CC)P(=O)(O)OC(CC)(CC)CC1OC(c2cc3c(F)c(C)c(C(F)(F)F)nc3[nH]c2=O)C(O)C1O. The number of aliphatic hydroxyl groups is 2. The molecule has 0 aliphatic carbocycles. The average Bonchev–Trinajstić information content (AvgIpc) is 3.12. The number of ether oxygens (including phenoxy) is 1. The minimum Gasteiger partial charge on any atom is -0.388 e. The number of alkyl halides is 3. The van der Waals surface area contributed by atoms with E-state index >= 15 is 0 Å². The van der Waals surface area contributed by atoms with Crippen molar-refractivity contribution >= 4 is 18.6 Å². The van der Waals surface area contributed by atoms with Gasteiger partial charge in [-0.05, 0) is 32.3 Å². The molecule has 0 spiro atoms. The van der Waals surface area contributed by atoms with Crippen molar-refractivity contribution in [1.82, 2.24) is 9.97 Å². The summed E-state index contributed by atoms with van der Waals surface area (Å²) >= 11 is 0. The number of halogens is 4.